The van der Waals surface area contributed by atoms with E-state index in [9.17, 15) is 9.59 Å². The van der Waals surface area contributed by atoms with E-state index in [1.54, 1.807) is 29.2 Å². The van der Waals surface area contributed by atoms with Crippen LogP contribution in [-0.2, 0) is 11.2 Å². The smallest absolute Gasteiger partial charge is 0.224 e. The van der Waals surface area contributed by atoms with Gasteiger partial charge in [-0.15, -0.1) is 6.58 Å². The first kappa shape index (κ1) is 16.5. The second kappa shape index (κ2) is 6.25. The molecule has 1 aliphatic rings. The van der Waals surface area contributed by atoms with Crippen molar-refractivity contribution in [2.75, 3.05) is 4.90 Å². The van der Waals surface area contributed by atoms with E-state index in [1.807, 2.05) is 30.3 Å². The zero-order chi connectivity index (χ0) is 17.3. The Kier molecular flexibility index (Phi) is 4.29. The number of benzene rings is 2. The summed E-state index contributed by atoms with van der Waals surface area (Å²) in [4.78, 5) is 27.3. The average molecular weight is 340 g/mol. The van der Waals surface area contributed by atoms with Gasteiger partial charge in [0.25, 0.3) is 0 Å². The molecule has 1 amide bonds. The minimum Gasteiger partial charge on any atom is -0.298 e. The summed E-state index contributed by atoms with van der Waals surface area (Å²) in [7, 11) is 0. The van der Waals surface area contributed by atoms with Crippen LogP contribution in [0.2, 0.25) is 5.02 Å². The average Bonchev–Trinajstić information content (AvgIpc) is 2.77. The fourth-order valence-electron chi connectivity index (χ4n) is 3.52. The number of hydrogen-bond donors (Lipinski definition) is 0. The van der Waals surface area contributed by atoms with Gasteiger partial charge in [0.05, 0.1) is 5.69 Å². The number of fused-ring (bicyclic) bond motifs is 1. The Morgan fingerprint density at radius 3 is 2.58 bits per heavy atom. The van der Waals surface area contributed by atoms with E-state index in [0.717, 1.165) is 5.56 Å². The standard InChI is InChI=1S/C20H18ClNO2/c1-3-11-20(13-15-7-5-4-6-8-15)19(24)17-10-9-16(21)12-18(17)22(20)14(2)23/h3-10,12H,1,11,13H2,2H3/t20-/m1/s1. The highest BCUT2D eigenvalue weighted by atomic mass is 35.5. The van der Waals surface area contributed by atoms with Gasteiger partial charge in [0, 0.05) is 23.9 Å². The molecular formula is C20H18ClNO2. The van der Waals surface area contributed by atoms with Gasteiger partial charge in [-0.1, -0.05) is 48.0 Å². The van der Waals surface area contributed by atoms with Gasteiger partial charge in [0.1, 0.15) is 5.54 Å². The lowest BCUT2D eigenvalue weighted by molar-refractivity contribution is -0.117. The van der Waals surface area contributed by atoms with E-state index < -0.39 is 5.54 Å². The number of carbonyl (C=O) groups excluding carboxylic acids is 2. The van der Waals surface area contributed by atoms with Gasteiger partial charge in [0.2, 0.25) is 5.91 Å². The molecule has 0 unspecified atom stereocenters. The van der Waals surface area contributed by atoms with Crippen molar-refractivity contribution in [2.45, 2.75) is 25.3 Å². The number of nitrogens with zero attached hydrogens (tertiary/aromatic N) is 1. The third kappa shape index (κ3) is 2.55. The molecule has 3 rings (SSSR count). The topological polar surface area (TPSA) is 37.4 Å². The molecule has 1 aliphatic heterocycles. The maximum atomic E-state index is 13.3. The number of carbonyl (C=O) groups is 2. The first-order chi connectivity index (χ1) is 11.5. The molecule has 0 saturated carbocycles. The predicted molar refractivity (Wildman–Crippen MR) is 96.6 cm³/mol. The molecule has 1 atom stereocenters. The number of ketones is 1. The maximum absolute atomic E-state index is 13.3. The first-order valence-corrected chi connectivity index (χ1v) is 8.17. The lowest BCUT2D eigenvalue weighted by atomic mass is 9.82. The molecule has 0 radical (unpaired) electrons. The molecule has 2 aromatic carbocycles. The number of hydrogen-bond acceptors (Lipinski definition) is 2. The van der Waals surface area contributed by atoms with Gasteiger partial charge in [0.15, 0.2) is 5.78 Å². The SMILES string of the molecule is C=CC[C@@]1(Cc2ccccc2)C(=O)c2ccc(Cl)cc2N1C(C)=O. The van der Waals surface area contributed by atoms with Crippen LogP contribution in [-0.4, -0.2) is 17.2 Å². The minimum absolute atomic E-state index is 0.0619. The summed E-state index contributed by atoms with van der Waals surface area (Å²) in [5.41, 5.74) is 1.13. The minimum atomic E-state index is -0.984. The zero-order valence-corrected chi connectivity index (χ0v) is 14.2. The molecule has 4 heteroatoms. The van der Waals surface area contributed by atoms with E-state index in [0.29, 0.717) is 29.1 Å². The van der Waals surface area contributed by atoms with E-state index in [2.05, 4.69) is 6.58 Å². The van der Waals surface area contributed by atoms with Crippen molar-refractivity contribution >= 4 is 29.0 Å². The monoisotopic (exact) mass is 339 g/mol. The summed E-state index contributed by atoms with van der Waals surface area (Å²) < 4.78 is 0. The molecule has 122 valence electrons. The second-order valence-corrected chi connectivity index (χ2v) is 6.47. The van der Waals surface area contributed by atoms with Crippen LogP contribution in [0.15, 0.2) is 61.2 Å². The molecule has 24 heavy (non-hydrogen) atoms. The number of amides is 1. The summed E-state index contributed by atoms with van der Waals surface area (Å²) in [6, 6.07) is 14.8. The summed E-state index contributed by atoms with van der Waals surface area (Å²) in [5.74, 6) is -0.240. The van der Waals surface area contributed by atoms with Crippen LogP contribution >= 0.6 is 11.6 Å². The Bertz CT molecular complexity index is 816. The number of halogens is 1. The quantitative estimate of drug-likeness (QED) is 0.772. The second-order valence-electron chi connectivity index (χ2n) is 6.03. The number of Topliss-reactive ketones (excluding diaryl/α,β-unsaturated/α-hetero) is 1. The van der Waals surface area contributed by atoms with Gasteiger partial charge >= 0.3 is 0 Å². The molecule has 0 fully saturated rings. The first-order valence-electron chi connectivity index (χ1n) is 7.79. The summed E-state index contributed by atoms with van der Waals surface area (Å²) in [6.07, 6.45) is 2.52. The van der Waals surface area contributed by atoms with E-state index in [-0.39, 0.29) is 11.7 Å². The van der Waals surface area contributed by atoms with Crippen molar-refractivity contribution in [2.24, 2.45) is 0 Å². The lowest BCUT2D eigenvalue weighted by Crippen LogP contribution is -2.54. The highest BCUT2D eigenvalue weighted by molar-refractivity contribution is 6.32. The fraction of sp³-hybridized carbons (Fsp3) is 0.200. The normalized spacial score (nSPS) is 19.2. The molecule has 0 saturated heterocycles. The van der Waals surface area contributed by atoms with Crippen molar-refractivity contribution in [3.63, 3.8) is 0 Å². The largest absolute Gasteiger partial charge is 0.298 e. The zero-order valence-electron chi connectivity index (χ0n) is 13.5. The molecule has 0 aliphatic carbocycles. The highest BCUT2D eigenvalue weighted by Crippen LogP contribution is 2.44. The van der Waals surface area contributed by atoms with Crippen LogP contribution < -0.4 is 4.90 Å². The van der Waals surface area contributed by atoms with Crippen molar-refractivity contribution in [3.05, 3.63) is 77.3 Å². The van der Waals surface area contributed by atoms with Crippen molar-refractivity contribution < 1.29 is 9.59 Å². The molecular weight excluding hydrogens is 322 g/mol. The summed E-state index contributed by atoms with van der Waals surface area (Å²) in [5, 5.41) is 0.502. The van der Waals surface area contributed by atoms with Gasteiger partial charge in [-0.3, -0.25) is 14.5 Å². The van der Waals surface area contributed by atoms with E-state index >= 15 is 0 Å². The number of anilines is 1. The van der Waals surface area contributed by atoms with Gasteiger partial charge in [-0.05, 0) is 30.2 Å². The number of rotatable bonds is 4. The molecule has 3 nitrogen and oxygen atoms in total. The van der Waals surface area contributed by atoms with Gasteiger partial charge in [-0.2, -0.15) is 0 Å². The molecule has 0 bridgehead atoms. The predicted octanol–water partition coefficient (Wildman–Crippen LogP) is 4.45. The molecule has 2 aromatic rings. The highest BCUT2D eigenvalue weighted by Gasteiger charge is 2.52. The van der Waals surface area contributed by atoms with Crippen LogP contribution in [0.3, 0.4) is 0 Å². The van der Waals surface area contributed by atoms with Crippen LogP contribution in [0.5, 0.6) is 0 Å². The van der Waals surface area contributed by atoms with Gasteiger partial charge in [-0.25, -0.2) is 0 Å². The van der Waals surface area contributed by atoms with Crippen LogP contribution in [0, 0.1) is 0 Å². The summed E-state index contributed by atoms with van der Waals surface area (Å²) in [6.45, 7) is 5.28. The summed E-state index contributed by atoms with van der Waals surface area (Å²) >= 11 is 6.10. The maximum Gasteiger partial charge on any atom is 0.224 e. The lowest BCUT2D eigenvalue weighted by Gasteiger charge is -2.36. The third-order valence-electron chi connectivity index (χ3n) is 4.43. The van der Waals surface area contributed by atoms with Crippen molar-refractivity contribution in [1.82, 2.24) is 0 Å². The van der Waals surface area contributed by atoms with Crippen LogP contribution in [0.4, 0.5) is 5.69 Å². The third-order valence-corrected chi connectivity index (χ3v) is 4.67. The molecule has 0 spiro atoms. The van der Waals surface area contributed by atoms with E-state index in [1.165, 1.54) is 6.92 Å². The Balaban J connectivity index is 2.18. The Morgan fingerprint density at radius 1 is 1.25 bits per heavy atom. The Hall–Kier alpha value is -2.39. The fourth-order valence-corrected chi connectivity index (χ4v) is 3.69. The Morgan fingerprint density at radius 2 is 1.96 bits per heavy atom. The van der Waals surface area contributed by atoms with E-state index in [4.69, 9.17) is 11.6 Å². The Labute approximate surface area is 146 Å². The van der Waals surface area contributed by atoms with Gasteiger partial charge < -0.3 is 0 Å². The van der Waals surface area contributed by atoms with Crippen LogP contribution in [0.25, 0.3) is 0 Å². The molecule has 0 N–H and O–H groups in total. The van der Waals surface area contributed by atoms with Crippen LogP contribution in [0.1, 0.15) is 29.3 Å². The molecule has 0 aromatic heterocycles. The van der Waals surface area contributed by atoms with Crippen molar-refractivity contribution in [3.8, 4) is 0 Å². The van der Waals surface area contributed by atoms with Crippen molar-refractivity contribution in [1.29, 1.82) is 0 Å². The molecule has 1 heterocycles.